The summed E-state index contributed by atoms with van der Waals surface area (Å²) in [5.41, 5.74) is 2.17. The number of carbonyl (C=O) groups is 1. The minimum atomic E-state index is -0.408. The number of amides is 1. The zero-order valence-electron chi connectivity index (χ0n) is 15.1. The van der Waals surface area contributed by atoms with E-state index in [4.69, 9.17) is 8.83 Å². The lowest BCUT2D eigenvalue weighted by Gasteiger charge is -2.10. The van der Waals surface area contributed by atoms with Gasteiger partial charge in [0.15, 0.2) is 5.58 Å². The molecule has 0 radical (unpaired) electrons. The molecule has 1 aromatic carbocycles. The highest BCUT2D eigenvalue weighted by atomic mass is 79.9. The molecule has 0 aliphatic carbocycles. The molecule has 0 spiro atoms. The molecule has 0 fully saturated rings. The summed E-state index contributed by atoms with van der Waals surface area (Å²) in [4.78, 5) is 26.7. The van der Waals surface area contributed by atoms with Crippen molar-refractivity contribution in [3.05, 3.63) is 50.3 Å². The second-order valence-corrected chi connectivity index (χ2v) is 7.16. The minimum absolute atomic E-state index is 0.281. The van der Waals surface area contributed by atoms with E-state index in [1.807, 2.05) is 19.0 Å². The van der Waals surface area contributed by atoms with Crippen LogP contribution in [0, 0.1) is 13.8 Å². The third-order valence-corrected chi connectivity index (χ3v) is 5.06. The van der Waals surface area contributed by atoms with Gasteiger partial charge in [0, 0.05) is 18.8 Å². The van der Waals surface area contributed by atoms with E-state index in [9.17, 15) is 9.59 Å². The summed E-state index contributed by atoms with van der Waals surface area (Å²) in [5.74, 6) is 0.500. The standard InChI is InChI=1S/C18H20BrN3O4/c1-10-15(16(19)11(2)25-10)17(23)20-12-5-6-14-13(9-12)22(18(24)26-14)8-7-21(3)4/h5-6,9H,7-8H2,1-4H3,(H,20,23). The van der Waals surface area contributed by atoms with Crippen molar-refractivity contribution in [3.8, 4) is 0 Å². The molecule has 2 heterocycles. The van der Waals surface area contributed by atoms with E-state index in [1.54, 1.807) is 36.6 Å². The largest absolute Gasteiger partial charge is 0.465 e. The van der Waals surface area contributed by atoms with E-state index in [1.165, 1.54) is 0 Å². The van der Waals surface area contributed by atoms with Crippen LogP contribution in [0.3, 0.4) is 0 Å². The number of nitrogens with one attached hydrogen (secondary N) is 1. The van der Waals surface area contributed by atoms with Crippen molar-refractivity contribution in [1.82, 2.24) is 9.47 Å². The molecule has 0 saturated heterocycles. The Balaban J connectivity index is 1.92. The van der Waals surface area contributed by atoms with Crippen LogP contribution in [0.25, 0.3) is 11.1 Å². The third-order valence-electron chi connectivity index (χ3n) is 4.11. The summed E-state index contributed by atoms with van der Waals surface area (Å²) >= 11 is 3.38. The summed E-state index contributed by atoms with van der Waals surface area (Å²) in [7, 11) is 3.87. The molecule has 7 nitrogen and oxygen atoms in total. The third kappa shape index (κ3) is 3.47. The molecule has 3 rings (SSSR count). The summed E-state index contributed by atoms with van der Waals surface area (Å²) in [5, 5.41) is 2.85. The molecule has 26 heavy (non-hydrogen) atoms. The van der Waals surface area contributed by atoms with E-state index in [0.29, 0.717) is 51.4 Å². The number of likely N-dealkylation sites (N-methyl/N-ethyl adjacent to an activating group) is 1. The van der Waals surface area contributed by atoms with Crippen LogP contribution in [-0.4, -0.2) is 36.0 Å². The lowest BCUT2D eigenvalue weighted by atomic mass is 10.2. The van der Waals surface area contributed by atoms with Gasteiger partial charge in [-0.1, -0.05) is 0 Å². The van der Waals surface area contributed by atoms with Crippen LogP contribution >= 0.6 is 15.9 Å². The second-order valence-electron chi connectivity index (χ2n) is 6.36. The first kappa shape index (κ1) is 18.5. The van der Waals surface area contributed by atoms with Gasteiger partial charge in [0.25, 0.3) is 5.91 Å². The molecule has 0 saturated carbocycles. The smallest absolute Gasteiger partial charge is 0.419 e. The number of halogens is 1. The number of benzene rings is 1. The van der Waals surface area contributed by atoms with Crippen molar-refractivity contribution < 1.29 is 13.6 Å². The van der Waals surface area contributed by atoms with Crippen molar-refractivity contribution in [1.29, 1.82) is 0 Å². The Hall–Kier alpha value is -2.32. The van der Waals surface area contributed by atoms with Gasteiger partial charge in [-0.25, -0.2) is 4.79 Å². The Kier molecular flexibility index (Phi) is 5.06. The molecule has 0 aliphatic rings. The first-order chi connectivity index (χ1) is 12.3. The topological polar surface area (TPSA) is 80.6 Å². The molecule has 1 amide bonds. The molecule has 0 unspecified atom stereocenters. The number of aryl methyl sites for hydroxylation is 2. The van der Waals surface area contributed by atoms with Gasteiger partial charge in [0.1, 0.15) is 11.5 Å². The van der Waals surface area contributed by atoms with E-state index >= 15 is 0 Å². The number of rotatable bonds is 5. The first-order valence-electron chi connectivity index (χ1n) is 8.13. The summed E-state index contributed by atoms with van der Waals surface area (Å²) in [6.07, 6.45) is 0. The molecule has 1 N–H and O–H groups in total. The van der Waals surface area contributed by atoms with Gasteiger partial charge in [-0.2, -0.15) is 0 Å². The first-order valence-corrected chi connectivity index (χ1v) is 8.92. The number of anilines is 1. The molecule has 0 bridgehead atoms. The van der Waals surface area contributed by atoms with Gasteiger partial charge in [0.2, 0.25) is 0 Å². The van der Waals surface area contributed by atoms with Crippen LogP contribution in [0.2, 0.25) is 0 Å². The van der Waals surface area contributed by atoms with Gasteiger partial charge >= 0.3 is 5.76 Å². The van der Waals surface area contributed by atoms with Gasteiger partial charge in [-0.15, -0.1) is 0 Å². The molecule has 2 aromatic heterocycles. The number of carbonyl (C=O) groups excluding carboxylic acids is 1. The lowest BCUT2D eigenvalue weighted by molar-refractivity contribution is 0.102. The summed E-state index contributed by atoms with van der Waals surface area (Å²) in [6.45, 7) is 4.73. The Morgan fingerprint density at radius 2 is 1.96 bits per heavy atom. The zero-order chi connectivity index (χ0) is 19.0. The Morgan fingerprint density at radius 3 is 2.58 bits per heavy atom. The number of fused-ring (bicyclic) bond motifs is 1. The van der Waals surface area contributed by atoms with Crippen molar-refractivity contribution in [2.75, 3.05) is 26.0 Å². The van der Waals surface area contributed by atoms with Crippen molar-refractivity contribution in [3.63, 3.8) is 0 Å². The molecule has 138 valence electrons. The quantitative estimate of drug-likeness (QED) is 0.682. The van der Waals surface area contributed by atoms with Crippen LogP contribution < -0.4 is 11.1 Å². The van der Waals surface area contributed by atoms with Crippen LogP contribution in [0.15, 0.2) is 36.3 Å². The lowest BCUT2D eigenvalue weighted by Crippen LogP contribution is -2.23. The fourth-order valence-corrected chi connectivity index (χ4v) is 3.30. The van der Waals surface area contributed by atoms with Crippen molar-refractivity contribution >= 4 is 38.6 Å². The molecular formula is C18H20BrN3O4. The normalized spacial score (nSPS) is 11.5. The van der Waals surface area contributed by atoms with Crippen molar-refractivity contribution in [2.24, 2.45) is 0 Å². The Labute approximate surface area is 158 Å². The maximum atomic E-state index is 12.6. The van der Waals surface area contributed by atoms with E-state index in [-0.39, 0.29) is 5.91 Å². The maximum Gasteiger partial charge on any atom is 0.419 e. The highest BCUT2D eigenvalue weighted by Crippen LogP contribution is 2.28. The highest BCUT2D eigenvalue weighted by Gasteiger charge is 2.20. The maximum absolute atomic E-state index is 12.6. The van der Waals surface area contributed by atoms with Gasteiger partial charge < -0.3 is 19.1 Å². The van der Waals surface area contributed by atoms with E-state index < -0.39 is 5.76 Å². The molecule has 8 heteroatoms. The molecule has 3 aromatic rings. The Morgan fingerprint density at radius 1 is 1.23 bits per heavy atom. The van der Waals surface area contributed by atoms with E-state index in [0.717, 1.165) is 0 Å². The SMILES string of the molecule is Cc1oc(C)c(C(=O)Nc2ccc3oc(=O)n(CCN(C)C)c3c2)c1Br. The van der Waals surface area contributed by atoms with Crippen molar-refractivity contribution in [2.45, 2.75) is 20.4 Å². The number of hydrogen-bond donors (Lipinski definition) is 1. The van der Waals surface area contributed by atoms with Crippen LogP contribution in [0.1, 0.15) is 21.9 Å². The monoisotopic (exact) mass is 421 g/mol. The zero-order valence-corrected chi connectivity index (χ0v) is 16.6. The molecular weight excluding hydrogens is 402 g/mol. The second kappa shape index (κ2) is 7.13. The van der Waals surface area contributed by atoms with Crippen LogP contribution in [-0.2, 0) is 6.54 Å². The number of hydrogen-bond acceptors (Lipinski definition) is 5. The number of aromatic nitrogens is 1. The van der Waals surface area contributed by atoms with Gasteiger partial charge in [0.05, 0.1) is 15.6 Å². The van der Waals surface area contributed by atoms with Crippen LogP contribution in [0.4, 0.5) is 5.69 Å². The summed E-state index contributed by atoms with van der Waals surface area (Å²) < 4.78 is 13.0. The van der Waals surface area contributed by atoms with Crippen LogP contribution in [0.5, 0.6) is 0 Å². The average Bonchev–Trinajstić information content (AvgIpc) is 3.00. The van der Waals surface area contributed by atoms with Gasteiger partial charge in [-0.05, 0) is 62.1 Å². The predicted molar refractivity (Wildman–Crippen MR) is 103 cm³/mol. The highest BCUT2D eigenvalue weighted by molar-refractivity contribution is 9.10. The summed E-state index contributed by atoms with van der Waals surface area (Å²) in [6, 6.07) is 5.13. The van der Waals surface area contributed by atoms with Gasteiger partial charge in [-0.3, -0.25) is 9.36 Å². The fraction of sp³-hybridized carbons (Fsp3) is 0.333. The molecule has 0 aliphatic heterocycles. The minimum Gasteiger partial charge on any atom is -0.465 e. The van der Waals surface area contributed by atoms with E-state index in [2.05, 4.69) is 21.2 Å². The molecule has 0 atom stereocenters. The number of nitrogens with zero attached hydrogens (tertiary/aromatic N) is 2. The number of furan rings is 1. The number of oxazole rings is 1. The fourth-order valence-electron chi connectivity index (χ4n) is 2.76. The Bertz CT molecular complexity index is 1030. The predicted octanol–water partition coefficient (Wildman–Crippen LogP) is 3.38. The average molecular weight is 422 g/mol.